The van der Waals surface area contributed by atoms with Gasteiger partial charge in [-0.3, -0.25) is 0 Å². The van der Waals surface area contributed by atoms with Gasteiger partial charge < -0.3 is 0 Å². The van der Waals surface area contributed by atoms with E-state index in [0.29, 0.717) is 0 Å². The topological polar surface area (TPSA) is 73.2 Å². The predicted octanol–water partition coefficient (Wildman–Crippen LogP) is -0.704. The van der Waals surface area contributed by atoms with Crippen LogP contribution in [-0.2, 0) is 10.2 Å². The maximum Gasteiger partial charge on any atom is 0.278 e. The standard InChI is InChI=1S/C5H11N3O2S/c1-8(2)11(9,10)7-5-3-4-6/h7H,3,5H2,1-2H3. The Labute approximate surface area is 66.8 Å². The zero-order chi connectivity index (χ0) is 8.91. The first-order valence-electron chi connectivity index (χ1n) is 3.05. The molecule has 0 fully saturated rings. The SMILES string of the molecule is CN(C)S(=O)(=O)NCCC#N. The Kier molecular flexibility index (Phi) is 4.03. The van der Waals surface area contributed by atoms with Crippen molar-refractivity contribution in [3.8, 4) is 6.07 Å². The van der Waals surface area contributed by atoms with Crippen LogP contribution in [0, 0.1) is 11.3 Å². The van der Waals surface area contributed by atoms with Gasteiger partial charge >= 0.3 is 0 Å². The van der Waals surface area contributed by atoms with E-state index in [1.807, 2.05) is 6.07 Å². The second-order valence-electron chi connectivity index (χ2n) is 2.09. The third-order valence-corrected chi connectivity index (χ3v) is 2.53. The van der Waals surface area contributed by atoms with E-state index in [1.54, 1.807) is 0 Å². The van der Waals surface area contributed by atoms with Crippen LogP contribution in [0.1, 0.15) is 6.42 Å². The molecule has 0 spiro atoms. The molecule has 0 aliphatic carbocycles. The number of nitrogens with zero attached hydrogens (tertiary/aromatic N) is 2. The lowest BCUT2D eigenvalue weighted by Gasteiger charge is -2.10. The van der Waals surface area contributed by atoms with Crippen molar-refractivity contribution in [1.29, 1.82) is 5.26 Å². The first kappa shape index (κ1) is 10.4. The predicted molar refractivity (Wildman–Crippen MR) is 40.8 cm³/mol. The quantitative estimate of drug-likeness (QED) is 0.577. The van der Waals surface area contributed by atoms with Gasteiger partial charge in [0.25, 0.3) is 10.2 Å². The molecule has 1 N–H and O–H groups in total. The first-order chi connectivity index (χ1) is 5.00. The minimum absolute atomic E-state index is 0.164. The Morgan fingerprint density at radius 3 is 2.45 bits per heavy atom. The number of rotatable bonds is 4. The minimum Gasteiger partial charge on any atom is -0.201 e. The lowest BCUT2D eigenvalue weighted by Crippen LogP contribution is -2.35. The molecule has 0 aliphatic heterocycles. The van der Waals surface area contributed by atoms with Gasteiger partial charge in [-0.25, -0.2) is 4.72 Å². The Balaban J connectivity index is 3.87. The monoisotopic (exact) mass is 177 g/mol. The summed E-state index contributed by atoms with van der Waals surface area (Å²) in [6.45, 7) is 0.164. The summed E-state index contributed by atoms with van der Waals surface area (Å²) in [6.07, 6.45) is 0.188. The van der Waals surface area contributed by atoms with Crippen molar-refractivity contribution >= 4 is 10.2 Å². The maximum absolute atomic E-state index is 10.9. The molecule has 0 atom stereocenters. The molecule has 64 valence electrons. The summed E-state index contributed by atoms with van der Waals surface area (Å²) < 4.78 is 25.1. The molecule has 0 amide bonds. The molecule has 11 heavy (non-hydrogen) atoms. The fraction of sp³-hybridized carbons (Fsp3) is 0.800. The van der Waals surface area contributed by atoms with Crippen LogP contribution in [0.5, 0.6) is 0 Å². The smallest absolute Gasteiger partial charge is 0.201 e. The minimum atomic E-state index is -3.34. The van der Waals surface area contributed by atoms with Crippen LogP contribution < -0.4 is 4.72 Å². The van der Waals surface area contributed by atoms with Crippen molar-refractivity contribution < 1.29 is 8.42 Å². The molecular weight excluding hydrogens is 166 g/mol. The average Bonchev–Trinajstić information content (AvgIpc) is 1.88. The van der Waals surface area contributed by atoms with Gasteiger partial charge in [-0.2, -0.15) is 18.0 Å². The van der Waals surface area contributed by atoms with E-state index in [1.165, 1.54) is 14.1 Å². The fourth-order valence-electron chi connectivity index (χ4n) is 0.365. The molecule has 0 radical (unpaired) electrons. The fourth-order valence-corrected chi connectivity index (χ4v) is 0.983. The van der Waals surface area contributed by atoms with E-state index in [2.05, 4.69) is 4.72 Å². The van der Waals surface area contributed by atoms with Gasteiger partial charge in [-0.05, 0) is 0 Å². The zero-order valence-corrected chi connectivity index (χ0v) is 7.35. The summed E-state index contributed by atoms with van der Waals surface area (Å²) in [4.78, 5) is 0. The van der Waals surface area contributed by atoms with E-state index in [-0.39, 0.29) is 13.0 Å². The number of nitriles is 1. The van der Waals surface area contributed by atoms with Gasteiger partial charge in [0.2, 0.25) is 0 Å². The number of hydrogen-bond donors (Lipinski definition) is 1. The average molecular weight is 177 g/mol. The third kappa shape index (κ3) is 3.93. The molecule has 0 rings (SSSR count). The first-order valence-corrected chi connectivity index (χ1v) is 4.49. The van der Waals surface area contributed by atoms with Crippen LogP contribution >= 0.6 is 0 Å². The van der Waals surface area contributed by atoms with Crippen molar-refractivity contribution in [2.75, 3.05) is 20.6 Å². The third-order valence-electron chi connectivity index (χ3n) is 1.00. The Bertz CT molecular complexity index is 239. The van der Waals surface area contributed by atoms with E-state index >= 15 is 0 Å². The summed E-state index contributed by atoms with van der Waals surface area (Å²) in [5.74, 6) is 0. The second-order valence-corrected chi connectivity index (χ2v) is 4.06. The van der Waals surface area contributed by atoms with E-state index in [9.17, 15) is 8.42 Å². The van der Waals surface area contributed by atoms with Gasteiger partial charge in [-0.1, -0.05) is 0 Å². The van der Waals surface area contributed by atoms with Crippen LogP contribution in [0.3, 0.4) is 0 Å². The molecule has 0 bridgehead atoms. The molecule has 0 heterocycles. The zero-order valence-electron chi connectivity index (χ0n) is 6.53. The van der Waals surface area contributed by atoms with Crippen LogP contribution in [-0.4, -0.2) is 33.4 Å². The van der Waals surface area contributed by atoms with Crippen LogP contribution in [0.15, 0.2) is 0 Å². The lowest BCUT2D eigenvalue weighted by atomic mass is 10.5. The highest BCUT2D eigenvalue weighted by Crippen LogP contribution is 1.87. The number of nitrogens with one attached hydrogen (secondary N) is 1. The molecule has 0 saturated carbocycles. The normalized spacial score (nSPS) is 11.5. The molecule has 5 nitrogen and oxygen atoms in total. The van der Waals surface area contributed by atoms with Gasteiger partial charge in [-0.15, -0.1) is 0 Å². The van der Waals surface area contributed by atoms with Crippen molar-refractivity contribution in [3.63, 3.8) is 0 Å². The van der Waals surface area contributed by atoms with Crippen LogP contribution in [0.25, 0.3) is 0 Å². The summed E-state index contributed by atoms with van der Waals surface area (Å²) in [5, 5.41) is 8.10. The highest BCUT2D eigenvalue weighted by Gasteiger charge is 2.10. The molecule has 6 heteroatoms. The van der Waals surface area contributed by atoms with Crippen LogP contribution in [0.4, 0.5) is 0 Å². The summed E-state index contributed by atoms with van der Waals surface area (Å²) in [6, 6.07) is 1.83. The van der Waals surface area contributed by atoms with Crippen LogP contribution in [0.2, 0.25) is 0 Å². The molecular formula is C5H11N3O2S. The van der Waals surface area contributed by atoms with Crippen molar-refractivity contribution in [3.05, 3.63) is 0 Å². The summed E-state index contributed by atoms with van der Waals surface area (Å²) in [5.41, 5.74) is 0. The molecule has 0 saturated heterocycles. The van der Waals surface area contributed by atoms with Crippen molar-refractivity contribution in [2.24, 2.45) is 0 Å². The summed E-state index contributed by atoms with van der Waals surface area (Å²) in [7, 11) is -0.488. The van der Waals surface area contributed by atoms with Gasteiger partial charge in [0.05, 0.1) is 6.07 Å². The highest BCUT2D eigenvalue weighted by atomic mass is 32.2. The van der Waals surface area contributed by atoms with E-state index < -0.39 is 10.2 Å². The molecule has 0 aliphatic rings. The van der Waals surface area contributed by atoms with E-state index in [4.69, 9.17) is 5.26 Å². The molecule has 0 unspecified atom stereocenters. The largest absolute Gasteiger partial charge is 0.278 e. The van der Waals surface area contributed by atoms with Gasteiger partial charge in [0.1, 0.15) is 0 Å². The molecule has 0 aromatic heterocycles. The Hall–Kier alpha value is -0.640. The Morgan fingerprint density at radius 2 is 2.09 bits per heavy atom. The van der Waals surface area contributed by atoms with Gasteiger partial charge in [0.15, 0.2) is 0 Å². The molecule has 0 aromatic carbocycles. The highest BCUT2D eigenvalue weighted by molar-refractivity contribution is 7.87. The summed E-state index contributed by atoms with van der Waals surface area (Å²) >= 11 is 0. The number of hydrogen-bond acceptors (Lipinski definition) is 3. The van der Waals surface area contributed by atoms with Crippen molar-refractivity contribution in [1.82, 2.24) is 9.03 Å². The maximum atomic E-state index is 10.9. The molecule has 0 aromatic rings. The Morgan fingerprint density at radius 1 is 1.55 bits per heavy atom. The lowest BCUT2D eigenvalue weighted by molar-refractivity contribution is 0.506. The van der Waals surface area contributed by atoms with Crippen molar-refractivity contribution in [2.45, 2.75) is 6.42 Å². The van der Waals surface area contributed by atoms with Gasteiger partial charge in [0, 0.05) is 27.1 Å². The second kappa shape index (κ2) is 4.28. The van der Waals surface area contributed by atoms with E-state index in [0.717, 1.165) is 4.31 Å².